The maximum atomic E-state index is 13.0. The number of benzene rings is 1. The molecule has 0 radical (unpaired) electrons. The predicted molar refractivity (Wildman–Crippen MR) is 65.1 cm³/mol. The van der Waals surface area contributed by atoms with Crippen molar-refractivity contribution in [2.24, 2.45) is 0 Å². The van der Waals surface area contributed by atoms with Gasteiger partial charge in [-0.3, -0.25) is 0 Å². The SMILES string of the molecule is Cc1cc(F)ccc1S(=O)(=O)NC1(CO)CCC1. The van der Waals surface area contributed by atoms with Crippen molar-refractivity contribution in [3.05, 3.63) is 29.6 Å². The maximum absolute atomic E-state index is 13.0. The number of halogens is 1. The number of nitrogens with one attached hydrogen (secondary N) is 1. The van der Waals surface area contributed by atoms with Crippen LogP contribution >= 0.6 is 0 Å². The molecule has 1 aliphatic carbocycles. The zero-order valence-corrected chi connectivity index (χ0v) is 10.9. The van der Waals surface area contributed by atoms with E-state index in [-0.39, 0.29) is 11.5 Å². The highest BCUT2D eigenvalue weighted by Gasteiger charge is 2.40. The number of aliphatic hydroxyl groups is 1. The average Bonchev–Trinajstić information content (AvgIpc) is 2.23. The molecular formula is C12H16FNO3S. The van der Waals surface area contributed by atoms with Crippen LogP contribution in [0.25, 0.3) is 0 Å². The highest BCUT2D eigenvalue weighted by Crippen LogP contribution is 2.33. The molecular weight excluding hydrogens is 257 g/mol. The van der Waals surface area contributed by atoms with E-state index < -0.39 is 21.4 Å². The molecule has 1 fully saturated rings. The van der Waals surface area contributed by atoms with Gasteiger partial charge in [0.1, 0.15) is 5.82 Å². The van der Waals surface area contributed by atoms with Crippen molar-refractivity contribution in [2.75, 3.05) is 6.61 Å². The van der Waals surface area contributed by atoms with Crippen LogP contribution in [0.15, 0.2) is 23.1 Å². The lowest BCUT2D eigenvalue weighted by Crippen LogP contribution is -2.56. The molecule has 0 aliphatic heterocycles. The molecule has 0 spiro atoms. The van der Waals surface area contributed by atoms with Crippen molar-refractivity contribution in [1.82, 2.24) is 4.72 Å². The smallest absolute Gasteiger partial charge is 0.241 e. The molecule has 0 saturated heterocycles. The normalized spacial score (nSPS) is 18.4. The summed E-state index contributed by atoms with van der Waals surface area (Å²) < 4.78 is 39.9. The second-order valence-corrected chi connectivity index (χ2v) is 6.46. The largest absolute Gasteiger partial charge is 0.394 e. The van der Waals surface area contributed by atoms with Gasteiger partial charge in [0.15, 0.2) is 0 Å². The lowest BCUT2D eigenvalue weighted by atomic mass is 9.78. The molecule has 1 aromatic rings. The van der Waals surface area contributed by atoms with Gasteiger partial charge in [-0.15, -0.1) is 0 Å². The monoisotopic (exact) mass is 273 g/mol. The number of aryl methyl sites for hydroxylation is 1. The minimum Gasteiger partial charge on any atom is -0.394 e. The van der Waals surface area contributed by atoms with Crippen LogP contribution in [0.3, 0.4) is 0 Å². The number of rotatable bonds is 4. The Labute approximate surface area is 106 Å². The Morgan fingerprint density at radius 3 is 2.56 bits per heavy atom. The van der Waals surface area contributed by atoms with E-state index in [2.05, 4.69) is 4.72 Å². The Bertz CT molecular complexity index is 547. The molecule has 2 rings (SSSR count). The minimum absolute atomic E-state index is 0.0589. The van der Waals surface area contributed by atoms with Gasteiger partial charge in [-0.05, 0) is 49.9 Å². The Balaban J connectivity index is 2.31. The van der Waals surface area contributed by atoms with Crippen LogP contribution in [-0.4, -0.2) is 25.7 Å². The fraction of sp³-hybridized carbons (Fsp3) is 0.500. The Hall–Kier alpha value is -0.980. The first-order valence-corrected chi connectivity index (χ1v) is 7.28. The molecule has 1 aromatic carbocycles. The van der Waals surface area contributed by atoms with Crippen LogP contribution in [-0.2, 0) is 10.0 Å². The number of sulfonamides is 1. The number of aliphatic hydroxyl groups excluding tert-OH is 1. The quantitative estimate of drug-likeness (QED) is 0.869. The van der Waals surface area contributed by atoms with Gasteiger partial charge in [0.05, 0.1) is 17.0 Å². The van der Waals surface area contributed by atoms with Gasteiger partial charge in [0.25, 0.3) is 0 Å². The van der Waals surface area contributed by atoms with E-state index >= 15 is 0 Å². The maximum Gasteiger partial charge on any atom is 0.241 e. The lowest BCUT2D eigenvalue weighted by Gasteiger charge is -2.40. The van der Waals surface area contributed by atoms with Crippen molar-refractivity contribution < 1.29 is 17.9 Å². The fourth-order valence-electron chi connectivity index (χ4n) is 2.15. The summed E-state index contributed by atoms with van der Waals surface area (Å²) in [5.41, 5.74) is -0.380. The molecule has 0 atom stereocenters. The molecule has 2 N–H and O–H groups in total. The zero-order chi connectivity index (χ0) is 13.4. The van der Waals surface area contributed by atoms with Crippen molar-refractivity contribution in [3.63, 3.8) is 0 Å². The Kier molecular flexibility index (Phi) is 3.44. The van der Waals surface area contributed by atoms with Gasteiger partial charge in [0.2, 0.25) is 10.0 Å². The molecule has 0 unspecified atom stereocenters. The highest BCUT2D eigenvalue weighted by atomic mass is 32.2. The van der Waals surface area contributed by atoms with Crippen LogP contribution in [0.1, 0.15) is 24.8 Å². The van der Waals surface area contributed by atoms with Crippen LogP contribution in [0, 0.1) is 12.7 Å². The van der Waals surface area contributed by atoms with E-state index in [4.69, 9.17) is 0 Å². The summed E-state index contributed by atoms with van der Waals surface area (Å²) in [6.07, 6.45) is 2.15. The second kappa shape index (κ2) is 4.60. The summed E-state index contributed by atoms with van der Waals surface area (Å²) in [4.78, 5) is 0.0589. The highest BCUT2D eigenvalue weighted by molar-refractivity contribution is 7.89. The van der Waals surface area contributed by atoms with Gasteiger partial charge >= 0.3 is 0 Å². The predicted octanol–water partition coefficient (Wildman–Crippen LogP) is 1.33. The van der Waals surface area contributed by atoms with E-state index in [1.165, 1.54) is 12.1 Å². The fourth-order valence-corrected chi connectivity index (χ4v) is 3.83. The van der Waals surface area contributed by atoms with E-state index in [9.17, 15) is 17.9 Å². The average molecular weight is 273 g/mol. The van der Waals surface area contributed by atoms with Crippen LogP contribution in [0.2, 0.25) is 0 Å². The summed E-state index contributed by atoms with van der Waals surface area (Å²) in [6.45, 7) is 1.33. The molecule has 0 bridgehead atoms. The van der Waals surface area contributed by atoms with Crippen molar-refractivity contribution in [3.8, 4) is 0 Å². The summed E-state index contributed by atoms with van der Waals surface area (Å²) in [7, 11) is -3.71. The molecule has 6 heteroatoms. The standard InChI is InChI=1S/C12H16FNO3S/c1-9-7-10(13)3-4-11(9)18(16,17)14-12(8-15)5-2-6-12/h3-4,7,14-15H,2,5-6,8H2,1H3. The van der Waals surface area contributed by atoms with Crippen LogP contribution < -0.4 is 4.72 Å². The van der Waals surface area contributed by atoms with E-state index in [1.807, 2.05) is 0 Å². The number of hydrogen-bond acceptors (Lipinski definition) is 3. The van der Waals surface area contributed by atoms with Crippen molar-refractivity contribution >= 4 is 10.0 Å². The number of hydrogen-bond donors (Lipinski definition) is 2. The lowest BCUT2D eigenvalue weighted by molar-refractivity contribution is 0.110. The van der Waals surface area contributed by atoms with Gasteiger partial charge in [-0.1, -0.05) is 0 Å². The summed E-state index contributed by atoms with van der Waals surface area (Å²) in [5.74, 6) is -0.466. The van der Waals surface area contributed by atoms with Crippen molar-refractivity contribution in [2.45, 2.75) is 36.6 Å². The minimum atomic E-state index is -3.71. The van der Waals surface area contributed by atoms with Gasteiger partial charge in [0, 0.05) is 0 Å². The molecule has 1 saturated carbocycles. The summed E-state index contributed by atoms with van der Waals surface area (Å²) in [6, 6.07) is 3.55. The molecule has 0 aromatic heterocycles. The zero-order valence-electron chi connectivity index (χ0n) is 10.1. The second-order valence-electron chi connectivity index (χ2n) is 4.81. The topological polar surface area (TPSA) is 66.4 Å². The molecule has 4 nitrogen and oxygen atoms in total. The van der Waals surface area contributed by atoms with E-state index in [1.54, 1.807) is 6.92 Å². The van der Waals surface area contributed by atoms with Crippen LogP contribution in [0.5, 0.6) is 0 Å². The molecule has 0 heterocycles. The third-order valence-electron chi connectivity index (χ3n) is 3.39. The van der Waals surface area contributed by atoms with Gasteiger partial charge in [-0.25, -0.2) is 17.5 Å². The third-order valence-corrected chi connectivity index (χ3v) is 5.13. The summed E-state index contributed by atoms with van der Waals surface area (Å²) in [5, 5.41) is 9.27. The Morgan fingerprint density at radius 2 is 2.11 bits per heavy atom. The van der Waals surface area contributed by atoms with E-state index in [0.29, 0.717) is 18.4 Å². The summed E-state index contributed by atoms with van der Waals surface area (Å²) >= 11 is 0. The van der Waals surface area contributed by atoms with Gasteiger partial charge in [-0.2, -0.15) is 0 Å². The molecule has 18 heavy (non-hydrogen) atoms. The molecule has 1 aliphatic rings. The first-order chi connectivity index (χ1) is 8.38. The van der Waals surface area contributed by atoms with Crippen LogP contribution in [0.4, 0.5) is 4.39 Å². The first-order valence-electron chi connectivity index (χ1n) is 5.80. The molecule has 0 amide bonds. The van der Waals surface area contributed by atoms with Crippen molar-refractivity contribution in [1.29, 1.82) is 0 Å². The Morgan fingerprint density at radius 1 is 1.44 bits per heavy atom. The first kappa shape index (κ1) is 13.5. The van der Waals surface area contributed by atoms with E-state index in [0.717, 1.165) is 12.5 Å². The molecule has 100 valence electrons. The third kappa shape index (κ3) is 2.41. The van der Waals surface area contributed by atoms with Gasteiger partial charge < -0.3 is 5.11 Å².